The van der Waals surface area contributed by atoms with E-state index in [9.17, 15) is 4.39 Å². The lowest BCUT2D eigenvalue weighted by molar-refractivity contribution is 0.578. The zero-order valence-electron chi connectivity index (χ0n) is 11.9. The van der Waals surface area contributed by atoms with Crippen molar-refractivity contribution in [3.63, 3.8) is 0 Å². The Labute approximate surface area is 126 Å². The van der Waals surface area contributed by atoms with Crippen molar-refractivity contribution in [3.8, 4) is 0 Å². The highest BCUT2D eigenvalue weighted by molar-refractivity contribution is 5.75. The van der Waals surface area contributed by atoms with Gasteiger partial charge in [0, 0.05) is 31.4 Å². The molecule has 3 aromatic rings. The van der Waals surface area contributed by atoms with Crippen LogP contribution in [0, 0.1) is 5.95 Å². The van der Waals surface area contributed by atoms with E-state index in [0.29, 0.717) is 23.4 Å². The smallest absolute Gasteiger partial charge is 0.256 e. The minimum Gasteiger partial charge on any atom is -0.352 e. The summed E-state index contributed by atoms with van der Waals surface area (Å²) in [5.74, 6) is 0.804. The van der Waals surface area contributed by atoms with Gasteiger partial charge in [-0.1, -0.05) is 12.1 Å². The second-order valence-electron chi connectivity index (χ2n) is 5.37. The van der Waals surface area contributed by atoms with Gasteiger partial charge in [-0.2, -0.15) is 4.39 Å². The molecule has 5 nitrogen and oxygen atoms in total. The normalized spacial score (nSPS) is 18.0. The minimum absolute atomic E-state index is 0.203. The molecule has 0 radical (unpaired) electrons. The zero-order chi connectivity index (χ0) is 14.9. The van der Waals surface area contributed by atoms with Crippen LogP contribution < -0.4 is 4.90 Å². The summed E-state index contributed by atoms with van der Waals surface area (Å²) in [5.41, 5.74) is 1.28. The van der Waals surface area contributed by atoms with Crippen molar-refractivity contribution in [1.82, 2.24) is 19.9 Å². The molecule has 110 valence electrons. The van der Waals surface area contributed by atoms with E-state index in [-0.39, 0.29) is 5.92 Å². The quantitative estimate of drug-likeness (QED) is 0.727. The Morgan fingerprint density at radius 1 is 1.00 bits per heavy atom. The number of fused-ring (bicyclic) bond motifs is 1. The molecule has 1 saturated heterocycles. The lowest BCUT2D eigenvalue weighted by Gasteiger charge is -2.17. The summed E-state index contributed by atoms with van der Waals surface area (Å²) in [6.45, 7) is 1.39. The summed E-state index contributed by atoms with van der Waals surface area (Å²) in [6.07, 6.45) is 4.36. The van der Waals surface area contributed by atoms with Crippen LogP contribution >= 0.6 is 0 Å². The molecule has 0 amide bonds. The lowest BCUT2D eigenvalue weighted by Crippen LogP contribution is -2.22. The number of aromatic nitrogens is 4. The van der Waals surface area contributed by atoms with E-state index in [1.807, 2.05) is 23.1 Å². The van der Waals surface area contributed by atoms with Crippen LogP contribution in [0.1, 0.15) is 18.2 Å². The molecule has 0 aliphatic carbocycles. The monoisotopic (exact) mass is 295 g/mol. The van der Waals surface area contributed by atoms with Crippen LogP contribution in [0.15, 0.2) is 42.7 Å². The zero-order valence-corrected chi connectivity index (χ0v) is 11.9. The molecule has 4 rings (SSSR count). The number of benzene rings is 1. The SMILES string of the molecule is Fc1nc2ccccc2nc1N1CCC(c2ncccn2)C1. The Morgan fingerprint density at radius 2 is 1.73 bits per heavy atom. The number of para-hydroxylation sites is 2. The van der Waals surface area contributed by atoms with Gasteiger partial charge in [-0.05, 0) is 24.6 Å². The number of halogens is 1. The molecule has 1 atom stereocenters. The highest BCUT2D eigenvalue weighted by Gasteiger charge is 2.28. The van der Waals surface area contributed by atoms with Gasteiger partial charge in [0.05, 0.1) is 11.0 Å². The first-order valence-corrected chi connectivity index (χ1v) is 7.25. The minimum atomic E-state index is -0.520. The highest BCUT2D eigenvalue weighted by atomic mass is 19.1. The number of hydrogen-bond acceptors (Lipinski definition) is 5. The molecule has 1 fully saturated rings. The van der Waals surface area contributed by atoms with Crippen molar-refractivity contribution in [3.05, 3.63) is 54.5 Å². The fourth-order valence-electron chi connectivity index (χ4n) is 2.86. The van der Waals surface area contributed by atoms with Gasteiger partial charge in [-0.25, -0.2) is 19.9 Å². The van der Waals surface area contributed by atoms with Crippen LogP contribution in [0.2, 0.25) is 0 Å². The van der Waals surface area contributed by atoms with E-state index >= 15 is 0 Å². The molecule has 2 aromatic heterocycles. The largest absolute Gasteiger partial charge is 0.352 e. The van der Waals surface area contributed by atoms with Crippen LogP contribution in [0.3, 0.4) is 0 Å². The van der Waals surface area contributed by atoms with E-state index < -0.39 is 5.95 Å². The molecule has 1 unspecified atom stereocenters. The summed E-state index contributed by atoms with van der Waals surface area (Å²) >= 11 is 0. The Balaban J connectivity index is 1.64. The number of nitrogens with zero attached hydrogens (tertiary/aromatic N) is 5. The summed E-state index contributed by atoms with van der Waals surface area (Å²) in [6, 6.07) is 9.11. The summed E-state index contributed by atoms with van der Waals surface area (Å²) < 4.78 is 14.3. The molecule has 6 heteroatoms. The van der Waals surface area contributed by atoms with E-state index in [1.54, 1.807) is 24.5 Å². The Kier molecular flexibility index (Phi) is 3.14. The molecular formula is C16H14FN5. The van der Waals surface area contributed by atoms with Crippen molar-refractivity contribution >= 4 is 16.9 Å². The Bertz CT molecular complexity index is 808. The fraction of sp³-hybridized carbons (Fsp3) is 0.250. The maximum atomic E-state index is 14.3. The van der Waals surface area contributed by atoms with E-state index in [4.69, 9.17) is 0 Å². The van der Waals surface area contributed by atoms with E-state index in [2.05, 4.69) is 19.9 Å². The molecule has 1 aliphatic heterocycles. The molecule has 0 N–H and O–H groups in total. The number of hydrogen-bond donors (Lipinski definition) is 0. The number of rotatable bonds is 2. The van der Waals surface area contributed by atoms with Crippen molar-refractivity contribution in [2.24, 2.45) is 0 Å². The third-order valence-corrected chi connectivity index (χ3v) is 3.95. The maximum absolute atomic E-state index is 14.3. The van der Waals surface area contributed by atoms with Crippen LogP contribution in [0.25, 0.3) is 11.0 Å². The predicted molar refractivity (Wildman–Crippen MR) is 81.1 cm³/mol. The Morgan fingerprint density at radius 3 is 2.50 bits per heavy atom. The maximum Gasteiger partial charge on any atom is 0.256 e. The third-order valence-electron chi connectivity index (χ3n) is 3.95. The molecule has 0 spiro atoms. The van der Waals surface area contributed by atoms with Crippen molar-refractivity contribution in [1.29, 1.82) is 0 Å². The van der Waals surface area contributed by atoms with Crippen LogP contribution in [0.5, 0.6) is 0 Å². The van der Waals surface area contributed by atoms with Crippen LogP contribution in [-0.4, -0.2) is 33.0 Å². The average molecular weight is 295 g/mol. The average Bonchev–Trinajstić information content (AvgIpc) is 3.05. The first-order valence-electron chi connectivity index (χ1n) is 7.25. The van der Waals surface area contributed by atoms with Crippen molar-refractivity contribution < 1.29 is 4.39 Å². The van der Waals surface area contributed by atoms with Crippen LogP contribution in [-0.2, 0) is 0 Å². The highest BCUT2D eigenvalue weighted by Crippen LogP contribution is 2.29. The molecule has 1 aromatic carbocycles. The molecule has 0 bridgehead atoms. The van der Waals surface area contributed by atoms with E-state index in [0.717, 1.165) is 18.8 Å². The molecule has 0 saturated carbocycles. The molecule has 3 heterocycles. The van der Waals surface area contributed by atoms with E-state index in [1.165, 1.54) is 0 Å². The van der Waals surface area contributed by atoms with Gasteiger partial charge in [-0.3, -0.25) is 0 Å². The lowest BCUT2D eigenvalue weighted by atomic mass is 10.1. The topological polar surface area (TPSA) is 54.8 Å². The number of anilines is 1. The van der Waals surface area contributed by atoms with Gasteiger partial charge in [0.15, 0.2) is 5.82 Å². The predicted octanol–water partition coefficient (Wildman–Crippen LogP) is 2.55. The van der Waals surface area contributed by atoms with Gasteiger partial charge in [-0.15, -0.1) is 0 Å². The van der Waals surface area contributed by atoms with Crippen LogP contribution in [0.4, 0.5) is 10.2 Å². The van der Waals surface area contributed by atoms with Gasteiger partial charge < -0.3 is 4.90 Å². The van der Waals surface area contributed by atoms with Crippen molar-refractivity contribution in [2.75, 3.05) is 18.0 Å². The van der Waals surface area contributed by atoms with Crippen molar-refractivity contribution in [2.45, 2.75) is 12.3 Å². The standard InChI is InChI=1S/C16H14FN5/c17-14-16(21-13-5-2-1-4-12(13)20-14)22-9-6-11(10-22)15-18-7-3-8-19-15/h1-5,7-8,11H,6,9-10H2. The first-order chi connectivity index (χ1) is 10.8. The molecular weight excluding hydrogens is 281 g/mol. The summed E-state index contributed by atoms with van der Waals surface area (Å²) in [7, 11) is 0. The van der Waals surface area contributed by atoms with Gasteiger partial charge in [0.25, 0.3) is 5.95 Å². The molecule has 22 heavy (non-hydrogen) atoms. The molecule has 1 aliphatic rings. The first kappa shape index (κ1) is 13.1. The second-order valence-corrected chi connectivity index (χ2v) is 5.37. The van der Waals surface area contributed by atoms with Gasteiger partial charge in [0.2, 0.25) is 0 Å². The van der Waals surface area contributed by atoms with Gasteiger partial charge >= 0.3 is 0 Å². The van der Waals surface area contributed by atoms with Gasteiger partial charge in [0.1, 0.15) is 5.82 Å². The third kappa shape index (κ3) is 2.26. The Hall–Kier alpha value is -2.63. The summed E-state index contributed by atoms with van der Waals surface area (Å²) in [5, 5.41) is 0. The fourth-order valence-corrected chi connectivity index (χ4v) is 2.86. The second kappa shape index (κ2) is 5.29. The summed E-state index contributed by atoms with van der Waals surface area (Å²) in [4.78, 5) is 19.0.